The summed E-state index contributed by atoms with van der Waals surface area (Å²) in [5, 5.41) is 10.5. The Hall–Kier alpha value is -2.49. The number of hydrogen-bond acceptors (Lipinski definition) is 7. The summed E-state index contributed by atoms with van der Waals surface area (Å²) in [5.41, 5.74) is 0.797. The van der Waals surface area contributed by atoms with Crippen LogP contribution < -0.4 is 5.56 Å². The van der Waals surface area contributed by atoms with E-state index in [1.807, 2.05) is 28.0 Å². The fourth-order valence-corrected chi connectivity index (χ4v) is 3.86. The quantitative estimate of drug-likeness (QED) is 0.492. The maximum Gasteiger partial charge on any atom is 0.272 e. The first-order valence-electron chi connectivity index (χ1n) is 8.23. The predicted molar refractivity (Wildman–Crippen MR) is 98.3 cm³/mol. The van der Waals surface area contributed by atoms with E-state index in [4.69, 9.17) is 9.15 Å². The molecule has 4 aromatic rings. The molecule has 0 spiro atoms. The lowest BCUT2D eigenvalue weighted by molar-refractivity contribution is 0.133. The number of thiophene rings is 1. The highest BCUT2D eigenvalue weighted by atomic mass is 32.1. The zero-order chi connectivity index (χ0) is 18.1. The molecule has 0 N–H and O–H groups in total. The second kappa shape index (κ2) is 7.02. The Morgan fingerprint density at radius 2 is 2.19 bits per heavy atom. The van der Waals surface area contributed by atoms with E-state index in [2.05, 4.69) is 15.1 Å². The van der Waals surface area contributed by atoms with Gasteiger partial charge in [-0.05, 0) is 23.6 Å². The molecule has 9 heteroatoms. The first kappa shape index (κ1) is 17.0. The summed E-state index contributed by atoms with van der Waals surface area (Å²) in [5.74, 6) is 2.20. The van der Waals surface area contributed by atoms with Crippen LogP contribution in [0.5, 0.6) is 0 Å². The van der Waals surface area contributed by atoms with Crippen molar-refractivity contribution >= 4 is 27.3 Å². The van der Waals surface area contributed by atoms with Gasteiger partial charge in [0.1, 0.15) is 10.5 Å². The Kier molecular flexibility index (Phi) is 4.58. The van der Waals surface area contributed by atoms with Crippen LogP contribution >= 0.6 is 11.3 Å². The standard InChI is InChI=1S/C17H19N5O3S/c1-20-16(23)15-13(5-9-26-15)22-14(18-19-17(20)22)11-21(6-8-24-2)10-12-4-3-7-25-12/h3-5,7,9H,6,8,10-11H2,1-2H3. The minimum atomic E-state index is -0.0479. The third-order valence-corrected chi connectivity index (χ3v) is 5.23. The van der Waals surface area contributed by atoms with Crippen molar-refractivity contribution in [2.24, 2.45) is 7.05 Å². The fraction of sp³-hybridized carbons (Fsp3) is 0.353. The summed E-state index contributed by atoms with van der Waals surface area (Å²) >= 11 is 1.43. The maximum absolute atomic E-state index is 12.4. The van der Waals surface area contributed by atoms with E-state index in [1.54, 1.807) is 25.0 Å². The third kappa shape index (κ3) is 2.94. The summed E-state index contributed by atoms with van der Waals surface area (Å²) in [6, 6.07) is 5.76. The van der Waals surface area contributed by atoms with Crippen LogP contribution in [-0.2, 0) is 24.9 Å². The van der Waals surface area contributed by atoms with Crippen LogP contribution in [0.4, 0.5) is 0 Å². The minimum Gasteiger partial charge on any atom is -0.468 e. The Morgan fingerprint density at radius 1 is 1.31 bits per heavy atom. The van der Waals surface area contributed by atoms with Gasteiger partial charge in [-0.2, -0.15) is 0 Å². The Labute approximate surface area is 153 Å². The van der Waals surface area contributed by atoms with Crippen LogP contribution in [-0.4, -0.2) is 44.3 Å². The molecule has 26 heavy (non-hydrogen) atoms. The predicted octanol–water partition coefficient (Wildman–Crippen LogP) is 1.88. The summed E-state index contributed by atoms with van der Waals surface area (Å²) < 4.78 is 14.9. The van der Waals surface area contributed by atoms with Gasteiger partial charge < -0.3 is 9.15 Å². The number of aryl methyl sites for hydroxylation is 1. The minimum absolute atomic E-state index is 0.0479. The first-order chi connectivity index (χ1) is 12.7. The van der Waals surface area contributed by atoms with Crippen LogP contribution in [0.2, 0.25) is 0 Å². The van der Waals surface area contributed by atoms with E-state index in [1.165, 1.54) is 11.3 Å². The molecule has 4 aromatic heterocycles. The second-order valence-corrected chi connectivity index (χ2v) is 6.95. The van der Waals surface area contributed by atoms with Gasteiger partial charge in [-0.25, -0.2) is 0 Å². The van der Waals surface area contributed by atoms with Crippen molar-refractivity contribution in [2.45, 2.75) is 13.1 Å². The molecule has 0 fully saturated rings. The van der Waals surface area contributed by atoms with E-state index in [9.17, 15) is 4.79 Å². The van der Waals surface area contributed by atoms with Crippen molar-refractivity contribution in [2.75, 3.05) is 20.3 Å². The first-order valence-corrected chi connectivity index (χ1v) is 9.11. The Morgan fingerprint density at radius 3 is 2.96 bits per heavy atom. The molecule has 4 rings (SSSR count). The molecule has 8 nitrogen and oxygen atoms in total. The molecule has 0 saturated heterocycles. The number of furan rings is 1. The van der Waals surface area contributed by atoms with E-state index in [0.717, 1.165) is 23.6 Å². The third-order valence-electron chi connectivity index (χ3n) is 4.33. The lowest BCUT2D eigenvalue weighted by Gasteiger charge is -2.20. The van der Waals surface area contributed by atoms with Gasteiger partial charge in [0.15, 0.2) is 5.82 Å². The molecule has 0 amide bonds. The average Bonchev–Trinajstić information content (AvgIpc) is 3.37. The number of rotatable bonds is 7. The van der Waals surface area contributed by atoms with Crippen molar-refractivity contribution in [3.63, 3.8) is 0 Å². The molecule has 0 aromatic carbocycles. The highest BCUT2D eigenvalue weighted by Crippen LogP contribution is 2.20. The number of nitrogens with zero attached hydrogens (tertiary/aromatic N) is 5. The van der Waals surface area contributed by atoms with Gasteiger partial charge >= 0.3 is 0 Å². The second-order valence-electron chi connectivity index (χ2n) is 6.03. The van der Waals surface area contributed by atoms with Crippen molar-refractivity contribution in [3.8, 4) is 0 Å². The zero-order valence-corrected chi connectivity index (χ0v) is 15.4. The smallest absolute Gasteiger partial charge is 0.272 e. The molecule has 0 aliphatic heterocycles. The van der Waals surface area contributed by atoms with Crippen molar-refractivity contribution in [1.29, 1.82) is 0 Å². The lowest BCUT2D eigenvalue weighted by Crippen LogP contribution is -2.28. The number of aromatic nitrogens is 4. The van der Waals surface area contributed by atoms with Crippen LogP contribution in [0.1, 0.15) is 11.6 Å². The highest BCUT2D eigenvalue weighted by Gasteiger charge is 2.18. The van der Waals surface area contributed by atoms with Crippen molar-refractivity contribution < 1.29 is 9.15 Å². The van der Waals surface area contributed by atoms with Gasteiger partial charge in [0.25, 0.3) is 5.56 Å². The monoisotopic (exact) mass is 373 g/mol. The van der Waals surface area contributed by atoms with Crippen LogP contribution in [0.15, 0.2) is 39.1 Å². The molecule has 0 aliphatic carbocycles. The Balaban J connectivity index is 1.74. The van der Waals surface area contributed by atoms with Gasteiger partial charge in [0.2, 0.25) is 5.78 Å². The highest BCUT2D eigenvalue weighted by molar-refractivity contribution is 7.17. The van der Waals surface area contributed by atoms with E-state index < -0.39 is 0 Å². The fourth-order valence-electron chi connectivity index (χ4n) is 3.01. The number of ether oxygens (including phenoxy) is 1. The van der Waals surface area contributed by atoms with Crippen molar-refractivity contribution in [3.05, 3.63) is 51.8 Å². The van der Waals surface area contributed by atoms with E-state index in [0.29, 0.717) is 30.2 Å². The van der Waals surface area contributed by atoms with E-state index in [-0.39, 0.29) is 5.56 Å². The summed E-state index contributed by atoms with van der Waals surface area (Å²) in [7, 11) is 3.41. The summed E-state index contributed by atoms with van der Waals surface area (Å²) in [6.45, 7) is 2.53. The molecular weight excluding hydrogens is 354 g/mol. The topological polar surface area (TPSA) is 77.8 Å². The van der Waals surface area contributed by atoms with Gasteiger partial charge in [0.05, 0.1) is 31.5 Å². The van der Waals surface area contributed by atoms with Gasteiger partial charge in [0, 0.05) is 20.7 Å². The van der Waals surface area contributed by atoms with Gasteiger partial charge in [-0.1, -0.05) is 0 Å². The van der Waals surface area contributed by atoms with Crippen LogP contribution in [0.25, 0.3) is 16.0 Å². The molecular formula is C17H19N5O3S. The summed E-state index contributed by atoms with van der Waals surface area (Å²) in [6.07, 6.45) is 1.67. The van der Waals surface area contributed by atoms with E-state index >= 15 is 0 Å². The number of fused-ring (bicyclic) bond motifs is 3. The number of hydrogen-bond donors (Lipinski definition) is 0. The molecule has 0 atom stereocenters. The van der Waals surface area contributed by atoms with Gasteiger partial charge in [-0.3, -0.25) is 18.7 Å². The summed E-state index contributed by atoms with van der Waals surface area (Å²) in [4.78, 5) is 14.6. The molecule has 0 bridgehead atoms. The normalized spacial score (nSPS) is 12.0. The largest absolute Gasteiger partial charge is 0.468 e. The zero-order valence-electron chi connectivity index (χ0n) is 14.6. The Bertz CT molecular complexity index is 1080. The molecule has 0 radical (unpaired) electrons. The SMILES string of the molecule is COCCN(Cc1ccco1)Cc1nnc2n(C)c(=O)c3sccc3n12. The maximum atomic E-state index is 12.4. The van der Waals surface area contributed by atoms with Crippen LogP contribution in [0.3, 0.4) is 0 Å². The molecule has 0 aliphatic rings. The van der Waals surface area contributed by atoms with Crippen molar-refractivity contribution in [1.82, 2.24) is 24.1 Å². The lowest BCUT2D eigenvalue weighted by atomic mass is 10.3. The average molecular weight is 373 g/mol. The van der Waals surface area contributed by atoms with Crippen LogP contribution in [0, 0.1) is 0 Å². The molecule has 0 saturated carbocycles. The molecule has 4 heterocycles. The molecule has 0 unspecified atom stereocenters. The molecule has 136 valence electrons. The van der Waals surface area contributed by atoms with Gasteiger partial charge in [-0.15, -0.1) is 21.5 Å². The number of methoxy groups -OCH3 is 1.